The highest BCUT2D eigenvalue weighted by Crippen LogP contribution is 2.25. The molecule has 19 heavy (non-hydrogen) atoms. The molecule has 0 atom stereocenters. The SMILES string of the molecule is CNC1CCC(N(C)c2nc(C)cc(OC)n2)CC1. The fraction of sp³-hybridized carbons (Fsp3) is 0.714. The van der Waals surface area contributed by atoms with Gasteiger partial charge in [0.1, 0.15) is 0 Å². The van der Waals surface area contributed by atoms with Gasteiger partial charge in [-0.05, 0) is 39.7 Å². The van der Waals surface area contributed by atoms with Gasteiger partial charge in [0, 0.05) is 30.9 Å². The summed E-state index contributed by atoms with van der Waals surface area (Å²) in [6.45, 7) is 1.97. The van der Waals surface area contributed by atoms with Crippen molar-refractivity contribution in [2.75, 3.05) is 26.1 Å². The molecule has 5 nitrogen and oxygen atoms in total. The first kappa shape index (κ1) is 14.1. The van der Waals surface area contributed by atoms with Gasteiger partial charge in [0.15, 0.2) is 0 Å². The molecule has 1 aromatic heterocycles. The molecular formula is C14H24N4O. The Kier molecular flexibility index (Phi) is 4.58. The van der Waals surface area contributed by atoms with Crippen molar-refractivity contribution < 1.29 is 4.74 Å². The Morgan fingerprint density at radius 3 is 2.53 bits per heavy atom. The Balaban J connectivity index is 2.07. The highest BCUT2D eigenvalue weighted by atomic mass is 16.5. The van der Waals surface area contributed by atoms with Crippen molar-refractivity contribution in [2.45, 2.75) is 44.7 Å². The quantitative estimate of drug-likeness (QED) is 0.898. The van der Waals surface area contributed by atoms with E-state index in [1.54, 1.807) is 7.11 Å². The summed E-state index contributed by atoms with van der Waals surface area (Å²) in [5.41, 5.74) is 0.942. The highest BCUT2D eigenvalue weighted by molar-refractivity contribution is 5.34. The number of nitrogens with one attached hydrogen (secondary N) is 1. The van der Waals surface area contributed by atoms with Crippen LogP contribution in [0.5, 0.6) is 5.88 Å². The van der Waals surface area contributed by atoms with E-state index in [4.69, 9.17) is 4.74 Å². The average molecular weight is 264 g/mol. The number of hydrogen-bond acceptors (Lipinski definition) is 5. The number of hydrogen-bond donors (Lipinski definition) is 1. The summed E-state index contributed by atoms with van der Waals surface area (Å²) >= 11 is 0. The minimum absolute atomic E-state index is 0.524. The molecular weight excluding hydrogens is 240 g/mol. The molecule has 0 unspecified atom stereocenters. The smallest absolute Gasteiger partial charge is 0.228 e. The lowest BCUT2D eigenvalue weighted by Gasteiger charge is -2.34. The van der Waals surface area contributed by atoms with Gasteiger partial charge in [0.2, 0.25) is 11.8 Å². The van der Waals surface area contributed by atoms with E-state index in [0.29, 0.717) is 18.0 Å². The number of anilines is 1. The van der Waals surface area contributed by atoms with Crippen LogP contribution in [-0.2, 0) is 0 Å². The Hall–Kier alpha value is -1.36. The van der Waals surface area contributed by atoms with Crippen LogP contribution in [0, 0.1) is 6.92 Å². The summed E-state index contributed by atoms with van der Waals surface area (Å²) in [5.74, 6) is 1.41. The first-order valence-electron chi connectivity index (χ1n) is 6.93. The molecule has 1 heterocycles. The van der Waals surface area contributed by atoms with Gasteiger partial charge in [-0.25, -0.2) is 4.98 Å². The zero-order valence-corrected chi connectivity index (χ0v) is 12.3. The van der Waals surface area contributed by atoms with Crippen molar-refractivity contribution in [3.05, 3.63) is 11.8 Å². The second kappa shape index (κ2) is 6.19. The molecule has 0 aliphatic heterocycles. The maximum absolute atomic E-state index is 5.22. The first-order chi connectivity index (χ1) is 9.13. The predicted octanol–water partition coefficient (Wildman–Crippen LogP) is 1.76. The molecule has 1 aromatic rings. The van der Waals surface area contributed by atoms with Crippen LogP contribution in [0.15, 0.2) is 6.07 Å². The van der Waals surface area contributed by atoms with Gasteiger partial charge in [-0.15, -0.1) is 0 Å². The van der Waals surface area contributed by atoms with Crippen molar-refractivity contribution in [3.63, 3.8) is 0 Å². The largest absolute Gasteiger partial charge is 0.481 e. The third kappa shape index (κ3) is 3.35. The second-order valence-corrected chi connectivity index (χ2v) is 5.26. The van der Waals surface area contributed by atoms with E-state index in [-0.39, 0.29) is 0 Å². The Labute approximate surface area is 115 Å². The van der Waals surface area contributed by atoms with Gasteiger partial charge in [-0.1, -0.05) is 0 Å². The Morgan fingerprint density at radius 1 is 1.26 bits per heavy atom. The summed E-state index contributed by atoms with van der Waals surface area (Å²) in [6.07, 6.45) is 4.80. The number of nitrogens with zero attached hydrogens (tertiary/aromatic N) is 3. The molecule has 1 fully saturated rings. The van der Waals surface area contributed by atoms with Gasteiger partial charge in [0.05, 0.1) is 7.11 Å². The van der Waals surface area contributed by atoms with E-state index in [1.807, 2.05) is 20.0 Å². The van der Waals surface area contributed by atoms with E-state index in [2.05, 4.69) is 27.2 Å². The summed E-state index contributed by atoms with van der Waals surface area (Å²) in [4.78, 5) is 11.2. The van der Waals surface area contributed by atoms with Crippen LogP contribution in [0.2, 0.25) is 0 Å². The van der Waals surface area contributed by atoms with E-state index in [1.165, 1.54) is 25.7 Å². The number of ether oxygens (including phenoxy) is 1. The maximum Gasteiger partial charge on any atom is 0.228 e. The van der Waals surface area contributed by atoms with E-state index >= 15 is 0 Å². The molecule has 1 aliphatic carbocycles. The van der Waals surface area contributed by atoms with Crippen LogP contribution in [0.3, 0.4) is 0 Å². The number of rotatable bonds is 4. The molecule has 2 rings (SSSR count). The minimum Gasteiger partial charge on any atom is -0.481 e. The number of methoxy groups -OCH3 is 1. The molecule has 5 heteroatoms. The fourth-order valence-corrected chi connectivity index (χ4v) is 2.70. The first-order valence-corrected chi connectivity index (χ1v) is 6.93. The maximum atomic E-state index is 5.22. The molecule has 0 bridgehead atoms. The second-order valence-electron chi connectivity index (χ2n) is 5.26. The lowest BCUT2D eigenvalue weighted by molar-refractivity contribution is 0.348. The van der Waals surface area contributed by atoms with Crippen LogP contribution in [-0.4, -0.2) is 43.3 Å². The zero-order valence-electron chi connectivity index (χ0n) is 12.3. The molecule has 0 radical (unpaired) electrons. The molecule has 0 aromatic carbocycles. The van der Waals surface area contributed by atoms with Crippen LogP contribution in [0.4, 0.5) is 5.95 Å². The Bertz CT molecular complexity index is 416. The molecule has 1 aliphatic rings. The van der Waals surface area contributed by atoms with E-state index in [9.17, 15) is 0 Å². The number of aryl methyl sites for hydroxylation is 1. The molecule has 106 valence electrons. The van der Waals surface area contributed by atoms with Crippen LogP contribution in [0.1, 0.15) is 31.4 Å². The third-order valence-electron chi connectivity index (χ3n) is 4.00. The monoisotopic (exact) mass is 264 g/mol. The van der Waals surface area contributed by atoms with Crippen LogP contribution in [0.25, 0.3) is 0 Å². The minimum atomic E-state index is 0.524. The molecule has 1 saturated carbocycles. The molecule has 1 N–H and O–H groups in total. The predicted molar refractivity (Wildman–Crippen MR) is 76.8 cm³/mol. The zero-order chi connectivity index (χ0) is 13.8. The number of aromatic nitrogens is 2. The summed E-state index contributed by atoms with van der Waals surface area (Å²) in [5, 5.41) is 3.36. The molecule has 0 amide bonds. The summed E-state index contributed by atoms with van der Waals surface area (Å²) in [7, 11) is 5.77. The highest BCUT2D eigenvalue weighted by Gasteiger charge is 2.24. The van der Waals surface area contributed by atoms with Crippen LogP contribution < -0.4 is 15.0 Å². The lowest BCUT2D eigenvalue weighted by atomic mass is 9.90. The van der Waals surface area contributed by atoms with E-state index in [0.717, 1.165) is 11.6 Å². The normalized spacial score (nSPS) is 23.2. The van der Waals surface area contributed by atoms with Crippen molar-refractivity contribution in [2.24, 2.45) is 0 Å². The fourth-order valence-electron chi connectivity index (χ4n) is 2.70. The van der Waals surface area contributed by atoms with Gasteiger partial charge in [-0.3, -0.25) is 0 Å². The topological polar surface area (TPSA) is 50.3 Å². The average Bonchev–Trinajstić information content (AvgIpc) is 2.46. The molecule has 0 spiro atoms. The van der Waals surface area contributed by atoms with Gasteiger partial charge in [0.25, 0.3) is 0 Å². The van der Waals surface area contributed by atoms with Crippen molar-refractivity contribution in [1.29, 1.82) is 0 Å². The van der Waals surface area contributed by atoms with Gasteiger partial charge in [-0.2, -0.15) is 4.98 Å². The third-order valence-corrected chi connectivity index (χ3v) is 4.00. The van der Waals surface area contributed by atoms with Gasteiger partial charge < -0.3 is 15.0 Å². The Morgan fingerprint density at radius 2 is 1.95 bits per heavy atom. The van der Waals surface area contributed by atoms with Crippen LogP contribution >= 0.6 is 0 Å². The van der Waals surface area contributed by atoms with Crippen molar-refractivity contribution >= 4 is 5.95 Å². The standard InChI is InChI=1S/C14H24N4O/c1-10-9-13(19-4)17-14(16-10)18(3)12-7-5-11(15-2)6-8-12/h9,11-12,15H,5-8H2,1-4H3. The molecule has 0 saturated heterocycles. The van der Waals surface area contributed by atoms with E-state index < -0.39 is 0 Å². The van der Waals surface area contributed by atoms with Crippen molar-refractivity contribution in [1.82, 2.24) is 15.3 Å². The lowest BCUT2D eigenvalue weighted by Crippen LogP contribution is -2.40. The van der Waals surface area contributed by atoms with Gasteiger partial charge >= 0.3 is 0 Å². The van der Waals surface area contributed by atoms with Crippen molar-refractivity contribution in [3.8, 4) is 5.88 Å². The summed E-state index contributed by atoms with van der Waals surface area (Å²) in [6, 6.07) is 3.05. The summed E-state index contributed by atoms with van der Waals surface area (Å²) < 4.78 is 5.22.